The molecular formula is C16H25N5O. The molecule has 0 radical (unpaired) electrons. The Morgan fingerprint density at radius 1 is 1.23 bits per heavy atom. The second kappa shape index (κ2) is 6.20. The second-order valence-electron chi connectivity index (χ2n) is 6.61. The summed E-state index contributed by atoms with van der Waals surface area (Å²) in [4.78, 5) is 27.5. The lowest BCUT2D eigenvalue weighted by Gasteiger charge is -2.36. The van der Waals surface area contributed by atoms with Crippen LogP contribution in [0.15, 0.2) is 6.07 Å². The predicted octanol–water partition coefficient (Wildman–Crippen LogP) is 0.873. The summed E-state index contributed by atoms with van der Waals surface area (Å²) in [5.74, 6) is 2.80. The van der Waals surface area contributed by atoms with Gasteiger partial charge in [-0.3, -0.25) is 4.79 Å². The zero-order chi connectivity index (χ0) is 15.7. The lowest BCUT2D eigenvalue weighted by atomic mass is 10.2. The number of hydrogen-bond donors (Lipinski definition) is 0. The minimum absolute atomic E-state index is 0.210. The van der Waals surface area contributed by atoms with Gasteiger partial charge in [0.25, 0.3) is 0 Å². The normalized spacial score (nSPS) is 18.9. The van der Waals surface area contributed by atoms with E-state index >= 15 is 0 Å². The fraction of sp³-hybridized carbons (Fsp3) is 0.688. The van der Waals surface area contributed by atoms with Crippen LogP contribution in [0.5, 0.6) is 0 Å². The average Bonchev–Trinajstić information content (AvgIpc) is 3.30. The van der Waals surface area contributed by atoms with E-state index < -0.39 is 0 Å². The molecule has 2 fully saturated rings. The van der Waals surface area contributed by atoms with Gasteiger partial charge in [0.15, 0.2) is 0 Å². The van der Waals surface area contributed by atoms with Gasteiger partial charge in [-0.15, -0.1) is 0 Å². The molecule has 6 nitrogen and oxygen atoms in total. The molecular weight excluding hydrogens is 278 g/mol. The first-order valence-corrected chi connectivity index (χ1v) is 8.06. The van der Waals surface area contributed by atoms with Crippen LogP contribution >= 0.6 is 0 Å². The van der Waals surface area contributed by atoms with E-state index in [1.54, 1.807) is 0 Å². The van der Waals surface area contributed by atoms with Crippen LogP contribution in [0.1, 0.15) is 30.3 Å². The molecule has 2 aliphatic rings. The lowest BCUT2D eigenvalue weighted by molar-refractivity contribution is -0.132. The van der Waals surface area contributed by atoms with Gasteiger partial charge in [0.1, 0.15) is 11.6 Å². The van der Waals surface area contributed by atoms with E-state index in [1.165, 1.54) is 12.8 Å². The molecule has 2 heterocycles. The number of aromatic nitrogens is 2. The Bertz CT molecular complexity index is 547. The highest BCUT2D eigenvalue weighted by Gasteiger charge is 2.28. The highest BCUT2D eigenvalue weighted by Crippen LogP contribution is 2.38. The molecule has 1 saturated carbocycles. The van der Waals surface area contributed by atoms with E-state index in [0.29, 0.717) is 12.5 Å². The minimum Gasteiger partial charge on any atom is -0.353 e. The Morgan fingerprint density at radius 3 is 2.50 bits per heavy atom. The fourth-order valence-corrected chi connectivity index (χ4v) is 2.82. The summed E-state index contributed by atoms with van der Waals surface area (Å²) in [6, 6.07) is 2.06. The highest BCUT2D eigenvalue weighted by atomic mass is 16.2. The van der Waals surface area contributed by atoms with Crippen LogP contribution in [0.3, 0.4) is 0 Å². The van der Waals surface area contributed by atoms with Crippen molar-refractivity contribution in [3.63, 3.8) is 0 Å². The smallest absolute Gasteiger partial charge is 0.236 e. The molecule has 22 heavy (non-hydrogen) atoms. The number of anilines is 1. The van der Waals surface area contributed by atoms with E-state index in [-0.39, 0.29) is 5.91 Å². The van der Waals surface area contributed by atoms with Gasteiger partial charge in [-0.2, -0.15) is 0 Å². The predicted molar refractivity (Wildman–Crippen MR) is 86.1 cm³/mol. The summed E-state index contributed by atoms with van der Waals surface area (Å²) in [7, 11) is 3.86. The fourth-order valence-electron chi connectivity index (χ4n) is 2.82. The third-order valence-electron chi connectivity index (χ3n) is 4.21. The van der Waals surface area contributed by atoms with Crippen molar-refractivity contribution in [2.75, 3.05) is 51.7 Å². The van der Waals surface area contributed by atoms with Crippen LogP contribution in [0.2, 0.25) is 0 Å². The molecule has 1 amide bonds. The van der Waals surface area contributed by atoms with Crippen molar-refractivity contribution in [3.8, 4) is 0 Å². The van der Waals surface area contributed by atoms with Crippen LogP contribution in [0, 0.1) is 6.92 Å². The Labute approximate surface area is 132 Å². The van der Waals surface area contributed by atoms with E-state index in [4.69, 9.17) is 4.98 Å². The van der Waals surface area contributed by atoms with E-state index in [2.05, 4.69) is 16.0 Å². The first-order chi connectivity index (χ1) is 10.5. The van der Waals surface area contributed by atoms with Gasteiger partial charge in [0, 0.05) is 43.9 Å². The third kappa shape index (κ3) is 3.55. The number of piperazine rings is 1. The Hall–Kier alpha value is -1.69. The first-order valence-electron chi connectivity index (χ1n) is 8.06. The molecule has 6 heteroatoms. The zero-order valence-electron chi connectivity index (χ0n) is 13.7. The van der Waals surface area contributed by atoms with E-state index in [9.17, 15) is 4.79 Å². The molecule has 0 bridgehead atoms. The molecule has 1 aromatic heterocycles. The SMILES string of the molecule is Cc1cc(N2CCN(C(=O)CN(C)C)CC2)nc(C2CC2)n1. The van der Waals surface area contributed by atoms with Gasteiger partial charge >= 0.3 is 0 Å². The second-order valence-corrected chi connectivity index (χ2v) is 6.61. The molecule has 0 unspecified atom stereocenters. The molecule has 1 aliphatic heterocycles. The number of amides is 1. The summed E-state index contributed by atoms with van der Waals surface area (Å²) >= 11 is 0. The number of likely N-dealkylation sites (N-methyl/N-ethyl adjacent to an activating group) is 1. The number of carbonyl (C=O) groups is 1. The molecule has 0 N–H and O–H groups in total. The molecule has 120 valence electrons. The van der Waals surface area contributed by atoms with Crippen molar-refractivity contribution in [1.29, 1.82) is 0 Å². The minimum atomic E-state index is 0.210. The lowest BCUT2D eigenvalue weighted by Crippen LogP contribution is -2.51. The first kappa shape index (κ1) is 15.2. The van der Waals surface area contributed by atoms with Gasteiger partial charge in [0.05, 0.1) is 6.54 Å². The number of rotatable bonds is 4. The van der Waals surface area contributed by atoms with E-state index in [0.717, 1.165) is 43.5 Å². The van der Waals surface area contributed by atoms with Gasteiger partial charge in [-0.1, -0.05) is 0 Å². The summed E-state index contributed by atoms with van der Waals surface area (Å²) in [5.41, 5.74) is 1.04. The number of hydrogen-bond acceptors (Lipinski definition) is 5. The number of nitrogens with zero attached hydrogens (tertiary/aromatic N) is 5. The quantitative estimate of drug-likeness (QED) is 0.826. The largest absolute Gasteiger partial charge is 0.353 e. The highest BCUT2D eigenvalue weighted by molar-refractivity contribution is 5.78. The van der Waals surface area contributed by atoms with Gasteiger partial charge in [-0.05, 0) is 33.9 Å². The average molecular weight is 303 g/mol. The monoisotopic (exact) mass is 303 g/mol. The summed E-state index contributed by atoms with van der Waals surface area (Å²) < 4.78 is 0. The van der Waals surface area contributed by atoms with Crippen LogP contribution in [0.25, 0.3) is 0 Å². The van der Waals surface area contributed by atoms with Gasteiger partial charge < -0.3 is 14.7 Å². The Kier molecular flexibility index (Phi) is 4.29. The molecule has 1 aliphatic carbocycles. The van der Waals surface area contributed by atoms with Crippen LogP contribution in [-0.4, -0.2) is 72.5 Å². The number of carbonyl (C=O) groups excluding carboxylic acids is 1. The summed E-state index contributed by atoms with van der Waals surface area (Å²) in [6.07, 6.45) is 2.44. The van der Waals surface area contributed by atoms with E-state index in [1.807, 2.05) is 30.8 Å². The third-order valence-corrected chi connectivity index (χ3v) is 4.21. The van der Waals surface area contributed by atoms with Crippen molar-refractivity contribution in [2.24, 2.45) is 0 Å². The van der Waals surface area contributed by atoms with Crippen molar-refractivity contribution in [1.82, 2.24) is 19.8 Å². The topological polar surface area (TPSA) is 52.6 Å². The zero-order valence-corrected chi connectivity index (χ0v) is 13.7. The summed E-state index contributed by atoms with van der Waals surface area (Å²) in [6.45, 7) is 5.76. The molecule has 0 spiro atoms. The van der Waals surface area contributed by atoms with Crippen LogP contribution < -0.4 is 4.90 Å². The number of aryl methyl sites for hydroxylation is 1. The van der Waals surface area contributed by atoms with Gasteiger partial charge in [0.2, 0.25) is 5.91 Å². The summed E-state index contributed by atoms with van der Waals surface area (Å²) in [5, 5.41) is 0. The maximum atomic E-state index is 12.1. The molecule has 0 aromatic carbocycles. The maximum Gasteiger partial charge on any atom is 0.236 e. The van der Waals surface area contributed by atoms with Crippen molar-refractivity contribution in [2.45, 2.75) is 25.7 Å². The van der Waals surface area contributed by atoms with Crippen molar-refractivity contribution >= 4 is 11.7 Å². The Balaban J connectivity index is 1.62. The van der Waals surface area contributed by atoms with Crippen molar-refractivity contribution in [3.05, 3.63) is 17.6 Å². The molecule has 0 atom stereocenters. The van der Waals surface area contributed by atoms with Crippen LogP contribution in [0.4, 0.5) is 5.82 Å². The molecule has 1 saturated heterocycles. The maximum absolute atomic E-state index is 12.1. The van der Waals surface area contributed by atoms with Gasteiger partial charge in [-0.25, -0.2) is 9.97 Å². The molecule has 3 rings (SSSR count). The van der Waals surface area contributed by atoms with Crippen molar-refractivity contribution < 1.29 is 4.79 Å². The van der Waals surface area contributed by atoms with Crippen LogP contribution in [-0.2, 0) is 4.79 Å². The molecule has 1 aromatic rings. The standard InChI is InChI=1S/C16H25N5O/c1-12-10-14(18-16(17-12)13-4-5-13)20-6-8-21(9-7-20)15(22)11-19(2)3/h10,13H,4-9,11H2,1-3H3. The Morgan fingerprint density at radius 2 is 1.91 bits per heavy atom.